The number of hydrogen-bond acceptors (Lipinski definition) is 3. The van der Waals surface area contributed by atoms with Crippen LogP contribution in [0, 0.1) is 17.7 Å². The monoisotopic (exact) mass is 335 g/mol. The average Bonchev–Trinajstić information content (AvgIpc) is 3.02. The van der Waals surface area contributed by atoms with Gasteiger partial charge in [-0.1, -0.05) is 5.92 Å². The molecule has 1 N–H and O–H groups in total. The molecule has 2 heterocycles. The first-order chi connectivity index (χ1) is 12.2. The first kappa shape index (κ1) is 16.7. The van der Waals surface area contributed by atoms with Crippen LogP contribution in [0.3, 0.4) is 0 Å². The van der Waals surface area contributed by atoms with Gasteiger partial charge < -0.3 is 14.7 Å². The zero-order valence-electron chi connectivity index (χ0n) is 13.9. The van der Waals surface area contributed by atoms with Crippen molar-refractivity contribution in [3.05, 3.63) is 59.7 Å². The molecule has 5 heteroatoms. The number of fused-ring (bicyclic) bond motifs is 1. The summed E-state index contributed by atoms with van der Waals surface area (Å²) in [5.74, 6) is 5.77. The first-order valence-corrected chi connectivity index (χ1v) is 8.07. The Balaban J connectivity index is 1.70. The zero-order chi connectivity index (χ0) is 17.6. The van der Waals surface area contributed by atoms with E-state index in [2.05, 4.69) is 26.7 Å². The fourth-order valence-electron chi connectivity index (χ4n) is 2.54. The van der Waals surface area contributed by atoms with Crippen molar-refractivity contribution in [1.82, 2.24) is 9.97 Å². The quantitative estimate of drug-likeness (QED) is 0.441. The molecule has 0 aliphatic heterocycles. The third-order valence-corrected chi connectivity index (χ3v) is 3.90. The van der Waals surface area contributed by atoms with Crippen LogP contribution in [-0.4, -0.2) is 29.8 Å². The zero-order valence-corrected chi connectivity index (χ0v) is 13.9. The third-order valence-electron chi connectivity index (χ3n) is 3.90. The van der Waals surface area contributed by atoms with Crippen molar-refractivity contribution in [3.8, 4) is 11.8 Å². The molecule has 0 unspecified atom stereocenters. The molecule has 0 aliphatic rings. The first-order valence-electron chi connectivity index (χ1n) is 8.07. The molecule has 0 amide bonds. The maximum absolute atomic E-state index is 13.2. The van der Waals surface area contributed by atoms with E-state index in [0.29, 0.717) is 23.1 Å². The summed E-state index contributed by atoms with van der Waals surface area (Å²) in [6.45, 7) is 0.836. The Kier molecular flexibility index (Phi) is 5.10. The van der Waals surface area contributed by atoms with Gasteiger partial charge in [-0.3, -0.25) is 0 Å². The standard InChI is InChI=1S/C20H18FN3O/c1-24(10-2-3-11-25)19-8-5-15(6-9-19)4-7-18-13-16-12-17(21)14-22-20(16)23-18/h5-6,8-9,11-14H,2-3,10H2,1H3,(H,22,23). The summed E-state index contributed by atoms with van der Waals surface area (Å²) in [6, 6.07) is 11.1. The lowest BCUT2D eigenvalue weighted by molar-refractivity contribution is -0.107. The number of aromatic nitrogens is 2. The molecule has 0 aliphatic carbocycles. The normalized spacial score (nSPS) is 10.3. The summed E-state index contributed by atoms with van der Waals surface area (Å²) in [6.07, 6.45) is 3.55. The highest BCUT2D eigenvalue weighted by Gasteiger charge is 2.02. The van der Waals surface area contributed by atoms with E-state index in [1.807, 2.05) is 31.3 Å². The van der Waals surface area contributed by atoms with Crippen LogP contribution in [0.4, 0.5) is 10.1 Å². The lowest BCUT2D eigenvalue weighted by Crippen LogP contribution is -2.18. The van der Waals surface area contributed by atoms with Gasteiger partial charge in [-0.15, -0.1) is 0 Å². The number of pyridine rings is 1. The van der Waals surface area contributed by atoms with Crippen molar-refractivity contribution in [2.75, 3.05) is 18.5 Å². The molecule has 25 heavy (non-hydrogen) atoms. The lowest BCUT2D eigenvalue weighted by Gasteiger charge is -2.18. The van der Waals surface area contributed by atoms with Crippen molar-refractivity contribution in [1.29, 1.82) is 0 Å². The van der Waals surface area contributed by atoms with Crippen molar-refractivity contribution in [2.45, 2.75) is 12.8 Å². The fourth-order valence-corrected chi connectivity index (χ4v) is 2.54. The van der Waals surface area contributed by atoms with Crippen LogP contribution in [-0.2, 0) is 4.79 Å². The van der Waals surface area contributed by atoms with E-state index in [4.69, 9.17) is 0 Å². The summed E-state index contributed by atoms with van der Waals surface area (Å²) >= 11 is 0. The van der Waals surface area contributed by atoms with E-state index in [-0.39, 0.29) is 5.82 Å². The largest absolute Gasteiger partial charge is 0.375 e. The predicted octanol–water partition coefficient (Wildman–Crippen LogP) is 3.52. The molecular weight excluding hydrogens is 317 g/mol. The fraction of sp³-hybridized carbons (Fsp3) is 0.200. The number of hydrogen-bond donors (Lipinski definition) is 1. The van der Waals surface area contributed by atoms with E-state index < -0.39 is 0 Å². The molecule has 0 saturated carbocycles. The van der Waals surface area contributed by atoms with E-state index in [1.54, 1.807) is 6.07 Å². The molecular formula is C20H18FN3O. The number of carbonyl (C=O) groups is 1. The summed E-state index contributed by atoms with van der Waals surface area (Å²) in [7, 11) is 2.00. The number of unbranched alkanes of at least 4 members (excludes halogenated alkanes) is 1. The van der Waals surface area contributed by atoms with Gasteiger partial charge in [-0.25, -0.2) is 9.37 Å². The molecule has 0 bridgehead atoms. The molecule has 0 atom stereocenters. The highest BCUT2D eigenvalue weighted by atomic mass is 19.1. The number of benzene rings is 1. The van der Waals surface area contributed by atoms with Gasteiger partial charge in [0.2, 0.25) is 0 Å². The molecule has 0 saturated heterocycles. The van der Waals surface area contributed by atoms with Crippen molar-refractivity contribution >= 4 is 23.0 Å². The average molecular weight is 335 g/mol. The smallest absolute Gasteiger partial charge is 0.142 e. The maximum Gasteiger partial charge on any atom is 0.142 e. The summed E-state index contributed by atoms with van der Waals surface area (Å²) in [5, 5.41) is 0.705. The predicted molar refractivity (Wildman–Crippen MR) is 97.0 cm³/mol. The van der Waals surface area contributed by atoms with Gasteiger partial charge in [0.15, 0.2) is 0 Å². The van der Waals surface area contributed by atoms with Crippen molar-refractivity contribution in [3.63, 3.8) is 0 Å². The second-order valence-corrected chi connectivity index (χ2v) is 5.80. The molecule has 3 rings (SSSR count). The van der Waals surface area contributed by atoms with E-state index in [1.165, 1.54) is 12.3 Å². The molecule has 1 aromatic carbocycles. The second-order valence-electron chi connectivity index (χ2n) is 5.80. The molecule has 3 aromatic rings. The SMILES string of the molecule is CN(CCCC=O)c1ccc(C#Cc2cc3cc(F)cnc3[nH]2)cc1. The molecule has 126 valence electrons. The third kappa shape index (κ3) is 4.24. The number of aromatic amines is 1. The highest BCUT2D eigenvalue weighted by Crippen LogP contribution is 2.15. The summed E-state index contributed by atoms with van der Waals surface area (Å²) in [4.78, 5) is 19.5. The van der Waals surface area contributed by atoms with Gasteiger partial charge in [0.05, 0.1) is 11.9 Å². The number of anilines is 1. The van der Waals surface area contributed by atoms with Gasteiger partial charge in [0.25, 0.3) is 0 Å². The van der Waals surface area contributed by atoms with Gasteiger partial charge in [0, 0.05) is 36.7 Å². The van der Waals surface area contributed by atoms with Gasteiger partial charge >= 0.3 is 0 Å². The van der Waals surface area contributed by atoms with Crippen LogP contribution < -0.4 is 4.90 Å². The van der Waals surface area contributed by atoms with Gasteiger partial charge in [-0.2, -0.15) is 0 Å². The van der Waals surface area contributed by atoms with E-state index >= 15 is 0 Å². The van der Waals surface area contributed by atoms with Gasteiger partial charge in [0.1, 0.15) is 17.8 Å². The van der Waals surface area contributed by atoms with Crippen LogP contribution in [0.15, 0.2) is 42.6 Å². The molecule has 0 radical (unpaired) electrons. The Bertz CT molecular complexity index is 935. The number of nitrogens with zero attached hydrogens (tertiary/aromatic N) is 2. The maximum atomic E-state index is 13.2. The summed E-state index contributed by atoms with van der Waals surface area (Å²) < 4.78 is 13.2. The van der Waals surface area contributed by atoms with Crippen LogP contribution in [0.5, 0.6) is 0 Å². The van der Waals surface area contributed by atoms with Crippen LogP contribution >= 0.6 is 0 Å². The topological polar surface area (TPSA) is 49.0 Å². The summed E-state index contributed by atoms with van der Waals surface area (Å²) in [5.41, 5.74) is 3.30. The minimum absolute atomic E-state index is 0.362. The lowest BCUT2D eigenvalue weighted by atomic mass is 10.2. The van der Waals surface area contributed by atoms with Crippen molar-refractivity contribution in [2.24, 2.45) is 0 Å². The molecule has 0 spiro atoms. The van der Waals surface area contributed by atoms with Crippen molar-refractivity contribution < 1.29 is 9.18 Å². The van der Waals surface area contributed by atoms with E-state index in [0.717, 1.165) is 30.5 Å². The molecule has 2 aromatic heterocycles. The minimum atomic E-state index is -0.362. The van der Waals surface area contributed by atoms with Crippen LogP contribution in [0.1, 0.15) is 24.1 Å². The Labute approximate surface area is 145 Å². The number of carbonyl (C=O) groups excluding carboxylic acids is 1. The Hall–Kier alpha value is -3.13. The molecule has 4 nitrogen and oxygen atoms in total. The number of nitrogens with one attached hydrogen (secondary N) is 1. The Morgan fingerprint density at radius 1 is 1.24 bits per heavy atom. The van der Waals surface area contributed by atoms with E-state index in [9.17, 15) is 9.18 Å². The Morgan fingerprint density at radius 2 is 2.04 bits per heavy atom. The highest BCUT2D eigenvalue weighted by molar-refractivity contribution is 5.77. The second kappa shape index (κ2) is 7.63. The minimum Gasteiger partial charge on any atom is -0.375 e. The van der Waals surface area contributed by atoms with Crippen LogP contribution in [0.2, 0.25) is 0 Å². The number of aldehydes is 1. The van der Waals surface area contributed by atoms with Crippen LogP contribution in [0.25, 0.3) is 11.0 Å². The number of H-pyrrole nitrogens is 1. The van der Waals surface area contributed by atoms with Gasteiger partial charge in [-0.05, 0) is 48.7 Å². The molecule has 0 fully saturated rings. The number of rotatable bonds is 5. The number of halogens is 1. The Morgan fingerprint density at radius 3 is 2.80 bits per heavy atom.